The van der Waals surface area contributed by atoms with Crippen molar-refractivity contribution in [2.75, 3.05) is 39.9 Å². The molecule has 0 bridgehead atoms. The van der Waals surface area contributed by atoms with Crippen LogP contribution in [0.3, 0.4) is 0 Å². The number of carbonyl (C=O) groups is 2. The fourth-order valence-corrected chi connectivity index (χ4v) is 2.02. The van der Waals surface area contributed by atoms with E-state index in [1.54, 1.807) is 24.1 Å². The van der Waals surface area contributed by atoms with Gasteiger partial charge in [-0.1, -0.05) is 0 Å². The van der Waals surface area contributed by atoms with Gasteiger partial charge in [0.1, 0.15) is 0 Å². The first kappa shape index (κ1) is 14.5. The molecule has 2 heterocycles. The highest BCUT2D eigenvalue weighted by Gasteiger charge is 2.26. The van der Waals surface area contributed by atoms with Gasteiger partial charge in [0.15, 0.2) is 5.76 Å². The number of nitrogens with zero attached hydrogens (tertiary/aromatic N) is 2. The number of aliphatic hydroxyl groups is 1. The molecule has 1 unspecified atom stereocenters. The van der Waals surface area contributed by atoms with Crippen LogP contribution in [0.15, 0.2) is 22.8 Å². The Bertz CT molecular complexity index is 459. The topological polar surface area (TPSA) is 83.2 Å². The van der Waals surface area contributed by atoms with E-state index in [4.69, 9.17) is 14.3 Å². The van der Waals surface area contributed by atoms with Crippen LogP contribution in [0.5, 0.6) is 0 Å². The molecule has 0 aromatic carbocycles. The Morgan fingerprint density at radius 2 is 2.35 bits per heavy atom. The summed E-state index contributed by atoms with van der Waals surface area (Å²) in [6.45, 7) is 1.06. The van der Waals surface area contributed by atoms with Crippen molar-refractivity contribution < 1.29 is 23.8 Å². The minimum atomic E-state index is -0.348. The van der Waals surface area contributed by atoms with Crippen molar-refractivity contribution in [3.8, 4) is 0 Å². The zero-order valence-electron chi connectivity index (χ0n) is 11.3. The maximum absolute atomic E-state index is 12.1. The van der Waals surface area contributed by atoms with Crippen LogP contribution in [-0.4, -0.2) is 72.7 Å². The minimum absolute atomic E-state index is 0.0301. The van der Waals surface area contributed by atoms with Crippen molar-refractivity contribution in [1.29, 1.82) is 0 Å². The average molecular weight is 282 g/mol. The Morgan fingerprint density at radius 1 is 1.55 bits per heavy atom. The Balaban J connectivity index is 1.89. The van der Waals surface area contributed by atoms with Gasteiger partial charge in [0.2, 0.25) is 5.91 Å². The lowest BCUT2D eigenvalue weighted by atomic mass is 10.2. The second-order valence-corrected chi connectivity index (χ2v) is 4.65. The third kappa shape index (κ3) is 3.37. The summed E-state index contributed by atoms with van der Waals surface area (Å²) in [4.78, 5) is 27.0. The number of rotatable bonds is 4. The van der Waals surface area contributed by atoms with Gasteiger partial charge in [-0.2, -0.15) is 0 Å². The van der Waals surface area contributed by atoms with Crippen molar-refractivity contribution in [3.63, 3.8) is 0 Å². The molecule has 1 aromatic rings. The molecule has 1 fully saturated rings. The molecule has 0 spiro atoms. The van der Waals surface area contributed by atoms with E-state index in [9.17, 15) is 9.59 Å². The second-order valence-electron chi connectivity index (χ2n) is 4.65. The summed E-state index contributed by atoms with van der Waals surface area (Å²) in [5.41, 5.74) is 0. The van der Waals surface area contributed by atoms with Gasteiger partial charge in [0.25, 0.3) is 5.91 Å². The van der Waals surface area contributed by atoms with Crippen molar-refractivity contribution in [1.82, 2.24) is 9.80 Å². The Morgan fingerprint density at radius 3 is 3.00 bits per heavy atom. The number of hydrogen-bond donors (Lipinski definition) is 1. The summed E-state index contributed by atoms with van der Waals surface area (Å²) in [5, 5.41) is 9.05. The molecule has 2 amide bonds. The van der Waals surface area contributed by atoms with Crippen LogP contribution >= 0.6 is 0 Å². The molecular formula is C13H18N2O5. The average Bonchev–Trinajstić information content (AvgIpc) is 3.00. The van der Waals surface area contributed by atoms with Crippen LogP contribution in [0.4, 0.5) is 0 Å². The van der Waals surface area contributed by atoms with E-state index in [1.807, 2.05) is 0 Å². The largest absolute Gasteiger partial charge is 0.459 e. The number of carbonyl (C=O) groups excluding carboxylic acids is 2. The number of likely N-dealkylation sites (N-methyl/N-ethyl adjacent to an activating group) is 1. The van der Waals surface area contributed by atoms with E-state index >= 15 is 0 Å². The van der Waals surface area contributed by atoms with Crippen LogP contribution in [0.1, 0.15) is 10.6 Å². The van der Waals surface area contributed by atoms with Crippen LogP contribution in [-0.2, 0) is 9.53 Å². The van der Waals surface area contributed by atoms with E-state index < -0.39 is 0 Å². The predicted octanol–water partition coefficient (Wildman–Crippen LogP) is -0.429. The first-order valence-corrected chi connectivity index (χ1v) is 6.41. The van der Waals surface area contributed by atoms with Gasteiger partial charge >= 0.3 is 0 Å². The van der Waals surface area contributed by atoms with Crippen molar-refractivity contribution >= 4 is 11.8 Å². The van der Waals surface area contributed by atoms with E-state index in [0.29, 0.717) is 19.7 Å². The van der Waals surface area contributed by atoms with E-state index in [1.165, 1.54) is 11.2 Å². The molecule has 2 rings (SSSR count). The van der Waals surface area contributed by atoms with Gasteiger partial charge < -0.3 is 24.1 Å². The molecule has 1 aliphatic rings. The fourth-order valence-electron chi connectivity index (χ4n) is 2.02. The molecule has 1 N–H and O–H groups in total. The number of amides is 2. The van der Waals surface area contributed by atoms with Gasteiger partial charge in [-0.05, 0) is 12.1 Å². The lowest BCUT2D eigenvalue weighted by Crippen LogP contribution is -2.50. The second kappa shape index (κ2) is 6.53. The molecule has 0 aliphatic carbocycles. The monoisotopic (exact) mass is 282 g/mol. The first-order chi connectivity index (χ1) is 9.61. The van der Waals surface area contributed by atoms with Gasteiger partial charge in [-0.15, -0.1) is 0 Å². The molecule has 20 heavy (non-hydrogen) atoms. The summed E-state index contributed by atoms with van der Waals surface area (Å²) in [7, 11) is 1.55. The maximum Gasteiger partial charge on any atom is 0.289 e. The summed E-state index contributed by atoms with van der Waals surface area (Å²) in [5.74, 6) is -0.306. The molecule has 7 heteroatoms. The molecule has 7 nitrogen and oxygen atoms in total. The number of hydrogen-bond acceptors (Lipinski definition) is 5. The van der Waals surface area contributed by atoms with Crippen molar-refractivity contribution in [2.45, 2.75) is 6.10 Å². The number of morpholine rings is 1. The van der Waals surface area contributed by atoms with Crippen LogP contribution in [0.2, 0.25) is 0 Å². The van der Waals surface area contributed by atoms with Crippen molar-refractivity contribution in [2.24, 2.45) is 0 Å². The van der Waals surface area contributed by atoms with Gasteiger partial charge in [0, 0.05) is 20.1 Å². The van der Waals surface area contributed by atoms with Crippen molar-refractivity contribution in [3.05, 3.63) is 24.2 Å². The highest BCUT2D eigenvalue weighted by Crippen LogP contribution is 2.07. The Labute approximate surface area is 116 Å². The molecule has 1 saturated heterocycles. The maximum atomic E-state index is 12.1. The number of furan rings is 1. The van der Waals surface area contributed by atoms with E-state index in [-0.39, 0.29) is 36.8 Å². The van der Waals surface area contributed by atoms with Crippen LogP contribution < -0.4 is 0 Å². The van der Waals surface area contributed by atoms with Crippen LogP contribution in [0.25, 0.3) is 0 Å². The smallest absolute Gasteiger partial charge is 0.289 e. The van der Waals surface area contributed by atoms with E-state index in [2.05, 4.69) is 0 Å². The standard InChI is InChI=1S/C13H18N2O5/c1-14(13(18)11-3-2-5-20-11)8-12(17)15-4-6-19-10(7-15)9-16/h2-3,5,10,16H,4,6-9H2,1H3. The van der Waals surface area contributed by atoms with Gasteiger partial charge in [-0.25, -0.2) is 0 Å². The summed E-state index contributed by atoms with van der Waals surface area (Å²) in [6.07, 6.45) is 1.07. The molecule has 1 aromatic heterocycles. The van der Waals surface area contributed by atoms with Gasteiger partial charge in [-0.3, -0.25) is 9.59 Å². The third-order valence-corrected chi connectivity index (χ3v) is 3.15. The fraction of sp³-hybridized carbons (Fsp3) is 0.538. The highest BCUT2D eigenvalue weighted by molar-refractivity contribution is 5.94. The SMILES string of the molecule is CN(CC(=O)N1CCOC(CO)C1)C(=O)c1ccco1. The lowest BCUT2D eigenvalue weighted by molar-refractivity contribution is -0.140. The lowest BCUT2D eigenvalue weighted by Gasteiger charge is -2.33. The molecule has 1 aliphatic heterocycles. The molecule has 1 atom stereocenters. The quantitative estimate of drug-likeness (QED) is 0.810. The molecule has 110 valence electrons. The summed E-state index contributed by atoms with van der Waals surface area (Å²) in [6, 6.07) is 3.18. The molecule has 0 radical (unpaired) electrons. The Hall–Kier alpha value is -1.86. The number of ether oxygens (including phenoxy) is 1. The summed E-state index contributed by atoms with van der Waals surface area (Å²) >= 11 is 0. The molecule has 0 saturated carbocycles. The summed E-state index contributed by atoms with van der Waals surface area (Å²) < 4.78 is 10.3. The zero-order chi connectivity index (χ0) is 14.5. The van der Waals surface area contributed by atoms with E-state index in [0.717, 1.165) is 0 Å². The normalized spacial score (nSPS) is 18.9. The zero-order valence-corrected chi connectivity index (χ0v) is 11.3. The molecular weight excluding hydrogens is 264 g/mol. The third-order valence-electron chi connectivity index (χ3n) is 3.15. The highest BCUT2D eigenvalue weighted by atomic mass is 16.5. The minimum Gasteiger partial charge on any atom is -0.459 e. The first-order valence-electron chi connectivity index (χ1n) is 6.41. The van der Waals surface area contributed by atoms with Gasteiger partial charge in [0.05, 0.1) is 32.1 Å². The predicted molar refractivity (Wildman–Crippen MR) is 69.1 cm³/mol. The van der Waals surface area contributed by atoms with Crippen LogP contribution in [0, 0.1) is 0 Å². The Kier molecular flexibility index (Phi) is 4.75. The number of aliphatic hydroxyl groups excluding tert-OH is 1.